The summed E-state index contributed by atoms with van der Waals surface area (Å²) in [4.78, 5) is 18.2. The van der Waals surface area contributed by atoms with Gasteiger partial charge in [-0.2, -0.15) is 0 Å². The number of hydrogen-bond donors (Lipinski definition) is 0. The molecule has 1 amide bonds. The number of carbonyl (C=O) groups excluding carboxylic acids is 1. The van der Waals surface area contributed by atoms with Gasteiger partial charge in [-0.1, -0.05) is 23.7 Å². The molecule has 4 rings (SSSR count). The Labute approximate surface area is 189 Å². The third-order valence-electron chi connectivity index (χ3n) is 5.10. The molecule has 0 atom stereocenters. The number of oxazole rings is 1. The summed E-state index contributed by atoms with van der Waals surface area (Å²) in [6.07, 6.45) is 2.16. The highest BCUT2D eigenvalue weighted by molar-refractivity contribution is 6.30. The fraction of sp³-hybridized carbons (Fsp3) is 0.333. The summed E-state index contributed by atoms with van der Waals surface area (Å²) in [5, 5.41) is 0.293. The zero-order chi connectivity index (χ0) is 23.0. The van der Waals surface area contributed by atoms with E-state index in [4.69, 9.17) is 20.8 Å². The summed E-state index contributed by atoms with van der Waals surface area (Å²) in [7, 11) is 0. The smallest absolute Gasteiger partial charge is 0.410 e. The molecule has 0 N–H and O–H groups in total. The molecule has 0 saturated carbocycles. The van der Waals surface area contributed by atoms with Gasteiger partial charge < -0.3 is 14.1 Å². The van der Waals surface area contributed by atoms with Crippen molar-refractivity contribution in [2.45, 2.75) is 39.2 Å². The number of aromatic nitrogens is 1. The van der Waals surface area contributed by atoms with Crippen molar-refractivity contribution in [3.63, 3.8) is 0 Å². The van der Waals surface area contributed by atoms with E-state index in [-0.39, 0.29) is 23.9 Å². The van der Waals surface area contributed by atoms with Gasteiger partial charge in [0.2, 0.25) is 0 Å². The monoisotopic (exact) mass is 460 g/mol. The van der Waals surface area contributed by atoms with Gasteiger partial charge in [0, 0.05) is 23.7 Å². The Kier molecular flexibility index (Phi) is 5.95. The summed E-state index contributed by atoms with van der Waals surface area (Å²) >= 11 is 5.81. The van der Waals surface area contributed by atoms with Crippen molar-refractivity contribution in [3.05, 3.63) is 70.1 Å². The topological polar surface area (TPSA) is 55.6 Å². The number of carbonyl (C=O) groups is 1. The van der Waals surface area contributed by atoms with Gasteiger partial charge in [0.25, 0.3) is 0 Å². The van der Waals surface area contributed by atoms with E-state index in [0.717, 1.165) is 5.57 Å². The molecule has 0 aliphatic carbocycles. The minimum absolute atomic E-state index is 0.0715. The van der Waals surface area contributed by atoms with Crippen LogP contribution in [0.15, 0.2) is 40.8 Å². The first-order valence-corrected chi connectivity index (χ1v) is 10.7. The zero-order valence-corrected chi connectivity index (χ0v) is 18.8. The Bertz CT molecular complexity index is 1210. The van der Waals surface area contributed by atoms with Crippen LogP contribution in [0.2, 0.25) is 5.02 Å². The van der Waals surface area contributed by atoms with Crippen LogP contribution in [0.5, 0.6) is 0 Å². The highest BCUT2D eigenvalue weighted by Crippen LogP contribution is 2.32. The van der Waals surface area contributed by atoms with Crippen LogP contribution in [0.3, 0.4) is 0 Å². The van der Waals surface area contributed by atoms with Crippen LogP contribution < -0.4 is 0 Å². The van der Waals surface area contributed by atoms with Crippen LogP contribution in [0.25, 0.3) is 16.7 Å². The normalized spacial score (nSPS) is 14.6. The van der Waals surface area contributed by atoms with E-state index in [9.17, 15) is 13.6 Å². The number of nitrogens with zero attached hydrogens (tertiary/aromatic N) is 2. The Hall–Kier alpha value is -2.93. The molecule has 168 valence electrons. The minimum Gasteiger partial charge on any atom is -0.444 e. The third kappa shape index (κ3) is 4.78. The van der Waals surface area contributed by atoms with Gasteiger partial charge in [0.05, 0.1) is 6.42 Å². The van der Waals surface area contributed by atoms with Crippen molar-refractivity contribution in [2.75, 3.05) is 13.1 Å². The summed E-state index contributed by atoms with van der Waals surface area (Å²) in [5.74, 6) is -0.779. The number of hydrogen-bond acceptors (Lipinski definition) is 4. The van der Waals surface area contributed by atoms with Crippen LogP contribution in [0.4, 0.5) is 13.6 Å². The molecular weight excluding hydrogens is 438 g/mol. The Morgan fingerprint density at radius 1 is 1.22 bits per heavy atom. The van der Waals surface area contributed by atoms with Gasteiger partial charge >= 0.3 is 6.09 Å². The van der Waals surface area contributed by atoms with Crippen LogP contribution >= 0.6 is 11.6 Å². The van der Waals surface area contributed by atoms with Gasteiger partial charge in [0.15, 0.2) is 17.3 Å². The summed E-state index contributed by atoms with van der Waals surface area (Å²) in [6, 6.07) is 7.34. The molecule has 1 aliphatic rings. The second kappa shape index (κ2) is 8.54. The van der Waals surface area contributed by atoms with E-state index in [1.807, 2.05) is 26.8 Å². The maximum Gasteiger partial charge on any atom is 0.410 e. The number of ether oxygens (including phenoxy) is 1. The molecule has 0 fully saturated rings. The van der Waals surface area contributed by atoms with Gasteiger partial charge in [-0.15, -0.1) is 0 Å². The van der Waals surface area contributed by atoms with E-state index < -0.39 is 17.2 Å². The number of rotatable bonds is 3. The maximum absolute atomic E-state index is 14.4. The van der Waals surface area contributed by atoms with Gasteiger partial charge in [-0.05, 0) is 62.6 Å². The second-order valence-corrected chi connectivity index (χ2v) is 9.13. The number of amides is 1. The quantitative estimate of drug-likeness (QED) is 0.455. The first-order valence-electron chi connectivity index (χ1n) is 10.3. The highest BCUT2D eigenvalue weighted by Gasteiger charge is 2.25. The standard InChI is InChI=1S/C24H23ClF2N2O3/c1-24(2,3)32-23(30)29-10-8-14(9-11-29)17-6-7-18(26)21-22(17)31-20(28-21)12-15-4-5-16(25)13-19(15)27/h4-8,13H,9-12H2,1-3H3. The average molecular weight is 461 g/mol. The lowest BCUT2D eigenvalue weighted by Gasteiger charge is -2.29. The predicted octanol–water partition coefficient (Wildman–Crippen LogP) is 6.37. The fourth-order valence-electron chi connectivity index (χ4n) is 3.58. The van der Waals surface area contributed by atoms with E-state index in [2.05, 4.69) is 4.98 Å². The molecule has 3 aromatic rings. The lowest BCUT2D eigenvalue weighted by atomic mass is 9.98. The molecule has 8 heteroatoms. The van der Waals surface area contributed by atoms with Crippen LogP contribution in [0, 0.1) is 11.6 Å². The SMILES string of the molecule is CC(C)(C)OC(=O)N1CC=C(c2ccc(F)c3nc(Cc4ccc(Cl)cc4F)oc23)CC1. The van der Waals surface area contributed by atoms with E-state index in [1.165, 1.54) is 12.1 Å². The molecule has 0 radical (unpaired) electrons. The van der Waals surface area contributed by atoms with Crippen molar-refractivity contribution in [1.29, 1.82) is 0 Å². The second-order valence-electron chi connectivity index (χ2n) is 8.70. The van der Waals surface area contributed by atoms with E-state index in [1.54, 1.807) is 23.1 Å². The first-order chi connectivity index (χ1) is 15.1. The van der Waals surface area contributed by atoms with Gasteiger partial charge in [0.1, 0.15) is 16.9 Å². The Morgan fingerprint density at radius 2 is 2.00 bits per heavy atom. The molecule has 0 unspecified atom stereocenters. The number of fused-ring (bicyclic) bond motifs is 1. The van der Waals surface area contributed by atoms with Crippen LogP contribution in [0.1, 0.15) is 44.2 Å². The van der Waals surface area contributed by atoms with E-state index in [0.29, 0.717) is 41.2 Å². The molecule has 2 heterocycles. The van der Waals surface area contributed by atoms with Crippen molar-refractivity contribution in [1.82, 2.24) is 9.88 Å². The fourth-order valence-corrected chi connectivity index (χ4v) is 3.74. The van der Waals surface area contributed by atoms with Crippen molar-refractivity contribution < 1.29 is 22.7 Å². The van der Waals surface area contributed by atoms with Crippen molar-refractivity contribution >= 4 is 34.4 Å². The summed E-state index contributed by atoms with van der Waals surface area (Å²) < 4.78 is 39.9. The molecule has 1 aromatic heterocycles. The number of benzene rings is 2. The molecular formula is C24H23ClF2N2O3. The van der Waals surface area contributed by atoms with Gasteiger partial charge in [-0.3, -0.25) is 0 Å². The largest absolute Gasteiger partial charge is 0.444 e. The lowest BCUT2D eigenvalue weighted by molar-refractivity contribution is 0.0270. The average Bonchev–Trinajstić information content (AvgIpc) is 3.14. The third-order valence-corrected chi connectivity index (χ3v) is 5.34. The molecule has 32 heavy (non-hydrogen) atoms. The Morgan fingerprint density at radius 3 is 2.66 bits per heavy atom. The molecule has 0 spiro atoms. The molecule has 5 nitrogen and oxygen atoms in total. The molecule has 0 bridgehead atoms. The van der Waals surface area contributed by atoms with Crippen LogP contribution in [-0.2, 0) is 11.2 Å². The molecule has 0 saturated heterocycles. The van der Waals surface area contributed by atoms with Crippen LogP contribution in [-0.4, -0.2) is 34.7 Å². The maximum atomic E-state index is 14.4. The number of halogens is 3. The first kappa shape index (κ1) is 22.3. The zero-order valence-electron chi connectivity index (χ0n) is 18.0. The van der Waals surface area contributed by atoms with E-state index >= 15 is 0 Å². The Balaban J connectivity index is 1.60. The van der Waals surface area contributed by atoms with Crippen molar-refractivity contribution in [3.8, 4) is 0 Å². The summed E-state index contributed by atoms with van der Waals surface area (Å²) in [6.45, 7) is 6.31. The molecule has 1 aliphatic heterocycles. The van der Waals surface area contributed by atoms with Crippen molar-refractivity contribution in [2.24, 2.45) is 0 Å². The lowest BCUT2D eigenvalue weighted by Crippen LogP contribution is -2.39. The summed E-state index contributed by atoms with van der Waals surface area (Å²) in [5.41, 5.74) is 1.83. The predicted molar refractivity (Wildman–Crippen MR) is 119 cm³/mol. The highest BCUT2D eigenvalue weighted by atomic mass is 35.5. The molecule has 2 aromatic carbocycles. The minimum atomic E-state index is -0.565. The van der Waals surface area contributed by atoms with Gasteiger partial charge in [-0.25, -0.2) is 18.6 Å².